The smallest absolute Gasteiger partial charge is 0.228 e. The van der Waals surface area contributed by atoms with Crippen LogP contribution in [0.5, 0.6) is 5.75 Å². The predicted molar refractivity (Wildman–Crippen MR) is 127 cm³/mol. The maximum Gasteiger partial charge on any atom is 0.228 e. The van der Waals surface area contributed by atoms with Gasteiger partial charge < -0.3 is 10.4 Å². The van der Waals surface area contributed by atoms with Crippen molar-refractivity contribution in [2.45, 2.75) is 18.2 Å². The van der Waals surface area contributed by atoms with Gasteiger partial charge in [-0.3, -0.25) is 9.00 Å². The van der Waals surface area contributed by atoms with Gasteiger partial charge in [0.25, 0.3) is 0 Å². The highest BCUT2D eigenvalue weighted by Crippen LogP contribution is 2.44. The Kier molecular flexibility index (Phi) is 6.06. The first kappa shape index (κ1) is 21.7. The number of amides is 1. The molecule has 1 amide bonds. The van der Waals surface area contributed by atoms with E-state index < -0.39 is 10.8 Å². The summed E-state index contributed by atoms with van der Waals surface area (Å²) in [4.78, 5) is 13.5. The molecule has 3 aromatic rings. The number of benzene rings is 3. The van der Waals surface area contributed by atoms with Crippen LogP contribution in [0, 0.1) is 5.82 Å². The molecule has 0 fully saturated rings. The first-order valence-electron chi connectivity index (χ1n) is 10.1. The molecule has 3 aromatic carbocycles. The molecule has 0 unspecified atom stereocenters. The first-order valence-corrected chi connectivity index (χ1v) is 11.6. The van der Waals surface area contributed by atoms with Gasteiger partial charge in [-0.2, -0.15) is 0 Å². The predicted octanol–water partition coefficient (Wildman–Crippen LogP) is 5.63. The Labute approximate surface area is 188 Å². The van der Waals surface area contributed by atoms with Gasteiger partial charge >= 0.3 is 0 Å². The highest BCUT2D eigenvalue weighted by atomic mass is 32.2. The summed E-state index contributed by atoms with van der Waals surface area (Å²) in [5.41, 5.74) is 5.70. The zero-order valence-electron chi connectivity index (χ0n) is 17.7. The van der Waals surface area contributed by atoms with E-state index in [1.165, 1.54) is 24.3 Å². The molecule has 0 saturated heterocycles. The van der Waals surface area contributed by atoms with Crippen molar-refractivity contribution in [1.29, 1.82) is 0 Å². The molecule has 1 aliphatic rings. The number of allylic oxidation sites excluding steroid dienone is 2. The van der Waals surface area contributed by atoms with E-state index >= 15 is 0 Å². The molecule has 0 saturated carbocycles. The van der Waals surface area contributed by atoms with Crippen molar-refractivity contribution in [3.05, 3.63) is 94.8 Å². The topological polar surface area (TPSA) is 66.4 Å². The molecule has 1 atom stereocenters. The van der Waals surface area contributed by atoms with Crippen molar-refractivity contribution in [2.75, 3.05) is 11.6 Å². The van der Waals surface area contributed by atoms with Crippen molar-refractivity contribution in [2.24, 2.45) is 0 Å². The number of aromatic hydroxyl groups is 1. The fourth-order valence-electron chi connectivity index (χ4n) is 3.81. The molecule has 4 rings (SSSR count). The SMILES string of the molecule is CC1=C(CC(=O)Nc2ccc(O)cc2)c2cc(F)ccc2/C1=C/c1ccc([S@@](C)=O)cc1. The summed E-state index contributed by atoms with van der Waals surface area (Å²) in [6.07, 6.45) is 3.73. The number of phenolic OH excluding ortho intramolecular Hbond substituents is 1. The van der Waals surface area contributed by atoms with E-state index in [2.05, 4.69) is 5.32 Å². The van der Waals surface area contributed by atoms with Gasteiger partial charge in [0.15, 0.2) is 0 Å². The van der Waals surface area contributed by atoms with Gasteiger partial charge in [-0.25, -0.2) is 4.39 Å². The number of hydrogen-bond donors (Lipinski definition) is 2. The number of nitrogens with one attached hydrogen (secondary N) is 1. The molecule has 0 spiro atoms. The summed E-state index contributed by atoms with van der Waals surface area (Å²) in [5, 5.41) is 12.2. The standard InChI is InChI=1S/C26H22FNO3S/c1-16-23(13-17-3-10-21(11-4-17)32(2)31)22-12-5-18(27)14-25(22)24(16)15-26(30)28-19-6-8-20(29)9-7-19/h3-14,29H,15H2,1-2H3,(H,28,30)/b23-13+/t32-/m1/s1. The largest absolute Gasteiger partial charge is 0.508 e. The second-order valence-corrected chi connectivity index (χ2v) is 9.03. The van der Waals surface area contributed by atoms with Crippen LogP contribution in [0.4, 0.5) is 10.1 Å². The monoisotopic (exact) mass is 447 g/mol. The number of halogens is 1. The van der Waals surface area contributed by atoms with Gasteiger partial charge in [0.05, 0.1) is 6.42 Å². The highest BCUT2D eigenvalue weighted by molar-refractivity contribution is 7.84. The van der Waals surface area contributed by atoms with E-state index in [9.17, 15) is 18.5 Å². The van der Waals surface area contributed by atoms with Crippen molar-refractivity contribution in [1.82, 2.24) is 0 Å². The van der Waals surface area contributed by atoms with Crippen LogP contribution in [0.3, 0.4) is 0 Å². The Hall–Kier alpha value is -3.51. The lowest BCUT2D eigenvalue weighted by Crippen LogP contribution is -2.11. The Balaban J connectivity index is 1.67. The summed E-state index contributed by atoms with van der Waals surface area (Å²) >= 11 is 0. The average Bonchev–Trinajstić information content (AvgIpc) is 3.01. The summed E-state index contributed by atoms with van der Waals surface area (Å²) in [6, 6.07) is 18.3. The minimum Gasteiger partial charge on any atom is -0.508 e. The molecule has 4 nitrogen and oxygen atoms in total. The van der Waals surface area contributed by atoms with Gasteiger partial charge in [-0.15, -0.1) is 0 Å². The average molecular weight is 448 g/mol. The Bertz CT molecular complexity index is 1280. The van der Waals surface area contributed by atoms with Crippen molar-refractivity contribution >= 4 is 39.6 Å². The zero-order valence-corrected chi connectivity index (χ0v) is 18.5. The zero-order chi connectivity index (χ0) is 22.8. The second kappa shape index (κ2) is 8.93. The number of carbonyl (C=O) groups excluding carboxylic acids is 1. The first-order chi connectivity index (χ1) is 15.3. The minimum absolute atomic E-state index is 0.0915. The molecule has 0 bridgehead atoms. The van der Waals surface area contributed by atoms with Crippen LogP contribution < -0.4 is 5.32 Å². The van der Waals surface area contributed by atoms with Gasteiger partial charge in [-0.05, 0) is 94.9 Å². The summed E-state index contributed by atoms with van der Waals surface area (Å²) in [5.74, 6) is -0.463. The van der Waals surface area contributed by atoms with E-state index in [0.29, 0.717) is 11.3 Å². The lowest BCUT2D eigenvalue weighted by atomic mass is 10.0. The van der Waals surface area contributed by atoms with Crippen LogP contribution in [0.25, 0.3) is 17.2 Å². The van der Waals surface area contributed by atoms with Gasteiger partial charge in [-0.1, -0.05) is 18.2 Å². The van der Waals surface area contributed by atoms with E-state index in [1.807, 2.05) is 37.3 Å². The minimum atomic E-state index is -1.05. The van der Waals surface area contributed by atoms with Crippen LogP contribution >= 0.6 is 0 Å². The van der Waals surface area contributed by atoms with Crippen LogP contribution in [-0.4, -0.2) is 21.5 Å². The quantitative estimate of drug-likeness (QED) is 0.499. The van der Waals surface area contributed by atoms with Crippen LogP contribution in [0.2, 0.25) is 0 Å². The number of rotatable bonds is 5. The van der Waals surface area contributed by atoms with Crippen LogP contribution in [-0.2, 0) is 15.6 Å². The Morgan fingerprint density at radius 1 is 1.03 bits per heavy atom. The van der Waals surface area contributed by atoms with Gasteiger partial charge in [0.2, 0.25) is 5.91 Å². The van der Waals surface area contributed by atoms with E-state index in [-0.39, 0.29) is 23.9 Å². The molecule has 32 heavy (non-hydrogen) atoms. The number of carbonyl (C=O) groups is 1. The molecule has 2 N–H and O–H groups in total. The second-order valence-electron chi connectivity index (χ2n) is 7.65. The summed E-state index contributed by atoms with van der Waals surface area (Å²) in [7, 11) is -1.05. The van der Waals surface area contributed by atoms with Crippen LogP contribution in [0.1, 0.15) is 30.0 Å². The van der Waals surface area contributed by atoms with Crippen molar-refractivity contribution < 1.29 is 18.5 Å². The van der Waals surface area contributed by atoms with Crippen molar-refractivity contribution in [3.8, 4) is 5.75 Å². The van der Waals surface area contributed by atoms with Crippen LogP contribution in [0.15, 0.2) is 77.2 Å². The lowest BCUT2D eigenvalue weighted by Gasteiger charge is -2.08. The molecular formula is C26H22FNO3S. The maximum absolute atomic E-state index is 14.1. The van der Waals surface area contributed by atoms with E-state index in [0.717, 1.165) is 32.7 Å². The number of phenols is 1. The Morgan fingerprint density at radius 3 is 2.38 bits per heavy atom. The Morgan fingerprint density at radius 2 is 1.72 bits per heavy atom. The molecule has 162 valence electrons. The summed E-state index contributed by atoms with van der Waals surface area (Å²) in [6.45, 7) is 1.93. The fraction of sp³-hybridized carbons (Fsp3) is 0.115. The van der Waals surface area contributed by atoms with Crippen molar-refractivity contribution in [3.63, 3.8) is 0 Å². The normalized spacial score (nSPS) is 15.0. The third kappa shape index (κ3) is 4.55. The van der Waals surface area contributed by atoms with E-state index in [1.54, 1.807) is 24.5 Å². The molecule has 0 radical (unpaired) electrons. The molecule has 0 aliphatic heterocycles. The fourth-order valence-corrected chi connectivity index (χ4v) is 4.33. The highest BCUT2D eigenvalue weighted by Gasteiger charge is 2.25. The molecule has 0 aromatic heterocycles. The number of fused-ring (bicyclic) bond motifs is 1. The lowest BCUT2D eigenvalue weighted by molar-refractivity contribution is -0.115. The van der Waals surface area contributed by atoms with Gasteiger partial charge in [0, 0.05) is 27.6 Å². The summed E-state index contributed by atoms with van der Waals surface area (Å²) < 4.78 is 25.7. The number of anilines is 1. The van der Waals surface area contributed by atoms with Gasteiger partial charge in [0.1, 0.15) is 11.6 Å². The molecule has 0 heterocycles. The maximum atomic E-state index is 14.1. The third-order valence-corrected chi connectivity index (χ3v) is 6.40. The molecule has 6 heteroatoms. The van der Waals surface area contributed by atoms with E-state index in [4.69, 9.17) is 0 Å². The number of hydrogen-bond acceptors (Lipinski definition) is 3. The third-order valence-electron chi connectivity index (χ3n) is 5.47. The molecular weight excluding hydrogens is 425 g/mol. The molecule has 1 aliphatic carbocycles.